The number of ether oxygens (including phenoxy) is 1. The van der Waals surface area contributed by atoms with E-state index in [4.69, 9.17) is 95.9 Å². The van der Waals surface area contributed by atoms with Crippen molar-refractivity contribution in [1.82, 2.24) is 19.9 Å². The van der Waals surface area contributed by atoms with Gasteiger partial charge in [-0.05, 0) is 97.1 Å². The van der Waals surface area contributed by atoms with Gasteiger partial charge in [0.1, 0.15) is 5.75 Å². The van der Waals surface area contributed by atoms with Crippen molar-refractivity contribution in [3.8, 4) is 50.3 Å². The third-order valence-electron chi connectivity index (χ3n) is 9.84. The zero-order chi connectivity index (χ0) is 39.5. The van der Waals surface area contributed by atoms with E-state index in [1.807, 2.05) is 66.8 Å². The second kappa shape index (κ2) is 15.2. The van der Waals surface area contributed by atoms with E-state index in [0.717, 1.165) is 0 Å². The minimum atomic E-state index is 0.443. The molecule has 0 aliphatic carbocycles. The molecule has 8 bridgehead atoms. The summed E-state index contributed by atoms with van der Waals surface area (Å²) in [7, 11) is 1.61. The van der Waals surface area contributed by atoms with Crippen LogP contribution in [0.1, 0.15) is 22.8 Å². The Labute approximate surface area is 362 Å². The standard InChI is InChI=1S/C45H25Cl7N4O/c1-57-37-13-5-12-28(52)41(37)45-35-20-18-33(55-35)43(39-24(48)8-3-9-25(39)49)31-16-14-29(53-31)42(38-22(46)6-2-7-23(38)47)30-15-17-32(54-30)44(34-19-21-36(45)56-34)40-26(50)10-4-11-27(40)51/h2-21,53,56H,1H3. The van der Waals surface area contributed by atoms with Crippen molar-refractivity contribution < 1.29 is 4.74 Å². The molecular formula is C45H25Cl7N4O. The van der Waals surface area contributed by atoms with Crippen LogP contribution in [0.25, 0.3) is 90.9 Å². The number of benzene rings is 4. The molecule has 57 heavy (non-hydrogen) atoms. The number of aromatic amines is 2. The molecule has 4 aromatic carbocycles. The first-order valence-corrected chi connectivity index (χ1v) is 20.1. The molecule has 0 saturated carbocycles. The van der Waals surface area contributed by atoms with E-state index in [1.54, 1.807) is 61.7 Å². The molecule has 0 atom stereocenters. The molecule has 280 valence electrons. The lowest BCUT2D eigenvalue weighted by atomic mass is 10.0. The van der Waals surface area contributed by atoms with Gasteiger partial charge in [-0.3, -0.25) is 0 Å². The number of fused-ring (bicyclic) bond motifs is 8. The molecular weight excluding hydrogens is 861 g/mol. The number of nitrogens with one attached hydrogen (secondary N) is 2. The minimum Gasteiger partial charge on any atom is -0.496 e. The maximum Gasteiger partial charge on any atom is 0.128 e. The highest BCUT2D eigenvalue weighted by molar-refractivity contribution is 6.41. The summed E-state index contributed by atoms with van der Waals surface area (Å²) in [6.45, 7) is 0. The molecule has 2 aliphatic heterocycles. The topological polar surface area (TPSA) is 66.6 Å². The van der Waals surface area contributed by atoms with E-state index in [-0.39, 0.29) is 0 Å². The first-order chi connectivity index (χ1) is 27.6. The van der Waals surface area contributed by atoms with Gasteiger partial charge < -0.3 is 14.7 Å². The maximum absolute atomic E-state index is 7.03. The Balaban J connectivity index is 1.55. The van der Waals surface area contributed by atoms with Gasteiger partial charge in [-0.15, -0.1) is 0 Å². The van der Waals surface area contributed by atoms with Crippen LogP contribution in [0.15, 0.2) is 97.1 Å². The summed E-state index contributed by atoms with van der Waals surface area (Å²) in [5, 5.41) is 3.13. The van der Waals surface area contributed by atoms with Gasteiger partial charge >= 0.3 is 0 Å². The number of aromatic nitrogens is 4. The average Bonchev–Trinajstić information content (AvgIpc) is 4.03. The number of hydrogen-bond acceptors (Lipinski definition) is 3. The molecule has 5 nitrogen and oxygen atoms in total. The monoisotopic (exact) mass is 882 g/mol. The van der Waals surface area contributed by atoms with Crippen LogP contribution >= 0.6 is 81.2 Å². The SMILES string of the molecule is COc1cccc(Cl)c1-c1c2nc(c(-c3c(Cl)cccc3Cl)c3ccc([nH]3)c(-c3c(Cl)cccc3Cl)c3nc(c(-c4c(Cl)cccc4Cl)c4ccc1[nH]4)C=C3)C=C2. The molecule has 0 radical (unpaired) electrons. The Kier molecular flexibility index (Phi) is 10.1. The highest BCUT2D eigenvalue weighted by atomic mass is 35.5. The molecule has 0 amide bonds. The average molecular weight is 886 g/mol. The van der Waals surface area contributed by atoms with Crippen molar-refractivity contribution in [1.29, 1.82) is 0 Å². The Morgan fingerprint density at radius 2 is 0.614 bits per heavy atom. The second-order valence-corrected chi connectivity index (χ2v) is 16.0. The summed E-state index contributed by atoms with van der Waals surface area (Å²) >= 11 is 48.8. The van der Waals surface area contributed by atoms with E-state index in [9.17, 15) is 0 Å². The Bertz CT molecular complexity index is 2950. The smallest absolute Gasteiger partial charge is 0.128 e. The maximum atomic E-state index is 7.03. The molecule has 0 spiro atoms. The van der Waals surface area contributed by atoms with E-state index < -0.39 is 0 Å². The fourth-order valence-electron chi connectivity index (χ4n) is 7.38. The lowest BCUT2D eigenvalue weighted by Crippen LogP contribution is -1.93. The minimum absolute atomic E-state index is 0.443. The summed E-state index contributed by atoms with van der Waals surface area (Å²) in [4.78, 5) is 17.8. The predicted molar refractivity (Wildman–Crippen MR) is 242 cm³/mol. The number of rotatable bonds is 5. The first-order valence-electron chi connectivity index (χ1n) is 17.4. The van der Waals surface area contributed by atoms with Crippen molar-refractivity contribution >= 4 is 128 Å². The first kappa shape index (κ1) is 37.9. The third kappa shape index (κ3) is 6.62. The highest BCUT2D eigenvalue weighted by Crippen LogP contribution is 2.47. The van der Waals surface area contributed by atoms with Crippen LogP contribution in [-0.2, 0) is 0 Å². The molecule has 2 N–H and O–H groups in total. The van der Waals surface area contributed by atoms with Crippen molar-refractivity contribution in [3.63, 3.8) is 0 Å². The molecule has 0 fully saturated rings. The zero-order valence-corrected chi connectivity index (χ0v) is 34.8. The van der Waals surface area contributed by atoms with Gasteiger partial charge in [0.05, 0.1) is 65.0 Å². The Morgan fingerprint density at radius 3 is 0.912 bits per heavy atom. The van der Waals surface area contributed by atoms with E-state index in [2.05, 4.69) is 9.97 Å². The fraction of sp³-hybridized carbons (Fsp3) is 0.0222. The number of hydrogen-bond donors (Lipinski definition) is 2. The molecule has 7 aromatic rings. The van der Waals surface area contributed by atoms with Crippen molar-refractivity contribution in [2.24, 2.45) is 0 Å². The number of methoxy groups -OCH3 is 1. The molecule has 0 unspecified atom stereocenters. The van der Waals surface area contributed by atoms with Gasteiger partial charge in [-0.2, -0.15) is 0 Å². The van der Waals surface area contributed by atoms with Crippen molar-refractivity contribution in [2.45, 2.75) is 0 Å². The molecule has 2 aliphatic rings. The summed E-state index contributed by atoms with van der Waals surface area (Å²) in [6.07, 6.45) is 7.70. The number of H-pyrrole nitrogens is 2. The van der Waals surface area contributed by atoms with Gasteiger partial charge in [0.15, 0.2) is 0 Å². The van der Waals surface area contributed by atoms with E-state index >= 15 is 0 Å². The van der Waals surface area contributed by atoms with Gasteiger partial charge in [-0.25, -0.2) is 9.97 Å². The molecule has 5 heterocycles. The normalized spacial score (nSPS) is 12.1. The van der Waals surface area contributed by atoms with Crippen LogP contribution in [0.2, 0.25) is 35.2 Å². The van der Waals surface area contributed by atoms with E-state index in [1.165, 1.54) is 0 Å². The van der Waals surface area contributed by atoms with Gasteiger partial charge in [0.2, 0.25) is 0 Å². The van der Waals surface area contributed by atoms with Crippen LogP contribution in [0.4, 0.5) is 0 Å². The molecule has 3 aromatic heterocycles. The number of nitrogens with zero attached hydrogens (tertiary/aromatic N) is 2. The van der Waals surface area contributed by atoms with Crippen LogP contribution in [0.3, 0.4) is 0 Å². The second-order valence-electron chi connectivity index (χ2n) is 13.1. The van der Waals surface area contributed by atoms with Crippen molar-refractivity contribution in [3.05, 3.63) is 155 Å². The third-order valence-corrected chi connectivity index (χ3v) is 12.0. The van der Waals surface area contributed by atoms with Gasteiger partial charge in [0, 0.05) is 66.6 Å². The van der Waals surface area contributed by atoms with Crippen LogP contribution in [0, 0.1) is 0 Å². The van der Waals surface area contributed by atoms with Crippen molar-refractivity contribution in [2.75, 3.05) is 7.11 Å². The van der Waals surface area contributed by atoms with Crippen LogP contribution in [-0.4, -0.2) is 27.0 Å². The van der Waals surface area contributed by atoms with Crippen LogP contribution in [0.5, 0.6) is 5.75 Å². The van der Waals surface area contributed by atoms with Crippen LogP contribution < -0.4 is 4.74 Å². The predicted octanol–water partition coefficient (Wildman–Crippen LogP) is 15.9. The Hall–Kier alpha value is -4.69. The lowest BCUT2D eigenvalue weighted by Gasteiger charge is -2.12. The van der Waals surface area contributed by atoms with Gasteiger partial charge in [0.25, 0.3) is 0 Å². The highest BCUT2D eigenvalue weighted by Gasteiger charge is 2.24. The summed E-state index contributed by atoms with van der Waals surface area (Å²) in [5.41, 5.74) is 10.2. The van der Waals surface area contributed by atoms with Gasteiger partial charge in [-0.1, -0.05) is 105 Å². The molecule has 12 heteroatoms. The van der Waals surface area contributed by atoms with E-state index in [0.29, 0.717) is 130 Å². The largest absolute Gasteiger partial charge is 0.496 e. The molecule has 0 saturated heterocycles. The zero-order valence-electron chi connectivity index (χ0n) is 29.5. The number of halogens is 7. The fourth-order valence-corrected chi connectivity index (χ4v) is 9.40. The summed E-state index contributed by atoms with van der Waals surface area (Å²) in [5.74, 6) is 0.557. The Morgan fingerprint density at radius 1 is 0.351 bits per heavy atom. The lowest BCUT2D eigenvalue weighted by molar-refractivity contribution is 0.416. The molecule has 9 rings (SSSR count). The summed E-state index contributed by atoms with van der Waals surface area (Å²) < 4.78 is 5.90. The summed E-state index contributed by atoms with van der Waals surface area (Å²) in [6, 6.07) is 29.5. The quantitative estimate of drug-likeness (QED) is 0.181.